The molecule has 0 aliphatic carbocycles. The average molecular weight is 343 g/mol. The predicted molar refractivity (Wildman–Crippen MR) is 101 cm³/mol. The lowest BCUT2D eigenvalue weighted by Crippen LogP contribution is -2.13. The standard InChI is InChI=1S/C21H17N3O2/c1-13-8-10-16(11-9-13)22-20(25)17-12-18(15-6-4-3-5-7-15)23-21-19(17)14(2)24-26-21/h3-12H,1-2H3,(H,22,25). The second kappa shape index (κ2) is 6.44. The summed E-state index contributed by atoms with van der Waals surface area (Å²) >= 11 is 0. The van der Waals surface area contributed by atoms with Gasteiger partial charge in [-0.25, -0.2) is 4.98 Å². The highest BCUT2D eigenvalue weighted by atomic mass is 16.5. The van der Waals surface area contributed by atoms with E-state index in [2.05, 4.69) is 15.5 Å². The minimum atomic E-state index is -0.218. The molecule has 0 unspecified atom stereocenters. The van der Waals surface area contributed by atoms with Crippen LogP contribution in [0.4, 0.5) is 5.69 Å². The number of nitrogens with zero attached hydrogens (tertiary/aromatic N) is 2. The Hall–Kier alpha value is -3.47. The molecule has 128 valence electrons. The van der Waals surface area contributed by atoms with E-state index < -0.39 is 0 Å². The number of hydrogen-bond donors (Lipinski definition) is 1. The Morgan fingerprint density at radius 1 is 1.00 bits per heavy atom. The molecule has 0 saturated carbocycles. The number of rotatable bonds is 3. The van der Waals surface area contributed by atoms with Crippen molar-refractivity contribution in [2.75, 3.05) is 5.32 Å². The van der Waals surface area contributed by atoms with E-state index in [1.807, 2.05) is 61.5 Å². The van der Waals surface area contributed by atoms with Crippen molar-refractivity contribution in [1.82, 2.24) is 10.1 Å². The molecule has 0 aliphatic heterocycles. The molecule has 26 heavy (non-hydrogen) atoms. The highest BCUT2D eigenvalue weighted by Gasteiger charge is 2.19. The summed E-state index contributed by atoms with van der Waals surface area (Å²) in [5.74, 6) is -0.218. The van der Waals surface area contributed by atoms with Gasteiger partial charge in [0.25, 0.3) is 11.6 Å². The van der Waals surface area contributed by atoms with Gasteiger partial charge >= 0.3 is 0 Å². The summed E-state index contributed by atoms with van der Waals surface area (Å²) in [5, 5.41) is 7.55. The fraction of sp³-hybridized carbons (Fsp3) is 0.0952. The second-order valence-electron chi connectivity index (χ2n) is 6.19. The van der Waals surface area contributed by atoms with Gasteiger partial charge in [-0.3, -0.25) is 4.79 Å². The van der Waals surface area contributed by atoms with Gasteiger partial charge in [0.05, 0.1) is 22.3 Å². The molecular formula is C21H17N3O2. The van der Waals surface area contributed by atoms with Crippen LogP contribution in [0, 0.1) is 13.8 Å². The van der Waals surface area contributed by atoms with Gasteiger partial charge in [-0.05, 0) is 32.0 Å². The van der Waals surface area contributed by atoms with Gasteiger partial charge in [0.2, 0.25) is 0 Å². The summed E-state index contributed by atoms with van der Waals surface area (Å²) in [6.07, 6.45) is 0. The Labute approximate surface area is 150 Å². The fourth-order valence-electron chi connectivity index (χ4n) is 2.87. The molecule has 5 nitrogen and oxygen atoms in total. The third-order valence-corrected chi connectivity index (χ3v) is 4.24. The first-order valence-corrected chi connectivity index (χ1v) is 8.32. The zero-order valence-corrected chi connectivity index (χ0v) is 14.5. The number of aryl methyl sites for hydroxylation is 2. The predicted octanol–water partition coefficient (Wildman–Crippen LogP) is 4.76. The number of carbonyl (C=O) groups excluding carboxylic acids is 1. The van der Waals surface area contributed by atoms with E-state index in [-0.39, 0.29) is 5.91 Å². The molecular weight excluding hydrogens is 326 g/mol. The molecule has 0 aliphatic rings. The smallest absolute Gasteiger partial charge is 0.259 e. The number of nitrogens with one attached hydrogen (secondary N) is 1. The van der Waals surface area contributed by atoms with Crippen molar-refractivity contribution in [2.45, 2.75) is 13.8 Å². The molecule has 0 radical (unpaired) electrons. The van der Waals surface area contributed by atoms with E-state index in [1.54, 1.807) is 13.0 Å². The van der Waals surface area contributed by atoms with Crippen molar-refractivity contribution in [3.63, 3.8) is 0 Å². The lowest BCUT2D eigenvalue weighted by molar-refractivity contribution is 0.102. The van der Waals surface area contributed by atoms with Crippen LogP contribution < -0.4 is 5.32 Å². The van der Waals surface area contributed by atoms with Crippen LogP contribution in [0.2, 0.25) is 0 Å². The highest BCUT2D eigenvalue weighted by Crippen LogP contribution is 2.27. The van der Waals surface area contributed by atoms with E-state index in [0.29, 0.717) is 28.1 Å². The van der Waals surface area contributed by atoms with E-state index in [9.17, 15) is 4.79 Å². The van der Waals surface area contributed by atoms with Gasteiger partial charge in [0.15, 0.2) is 0 Å². The molecule has 2 heterocycles. The molecule has 0 fully saturated rings. The SMILES string of the molecule is Cc1ccc(NC(=O)c2cc(-c3ccccc3)nc3onc(C)c23)cc1. The lowest BCUT2D eigenvalue weighted by atomic mass is 10.0. The number of pyridine rings is 1. The topological polar surface area (TPSA) is 68.0 Å². The Morgan fingerprint density at radius 3 is 2.46 bits per heavy atom. The molecule has 4 rings (SSSR count). The Bertz CT molecular complexity index is 1080. The minimum absolute atomic E-state index is 0.218. The van der Waals surface area contributed by atoms with Crippen LogP contribution in [0.5, 0.6) is 0 Å². The molecule has 0 saturated heterocycles. The van der Waals surface area contributed by atoms with Gasteiger partial charge in [-0.1, -0.05) is 53.2 Å². The van der Waals surface area contributed by atoms with Crippen molar-refractivity contribution < 1.29 is 9.32 Å². The first-order chi connectivity index (χ1) is 12.6. The number of anilines is 1. The third kappa shape index (κ3) is 2.95. The summed E-state index contributed by atoms with van der Waals surface area (Å²) in [4.78, 5) is 17.5. The molecule has 0 bridgehead atoms. The van der Waals surface area contributed by atoms with Gasteiger partial charge in [0, 0.05) is 11.3 Å². The van der Waals surface area contributed by atoms with Crippen molar-refractivity contribution in [3.05, 3.63) is 77.5 Å². The summed E-state index contributed by atoms with van der Waals surface area (Å²) in [5.41, 5.74) is 4.94. The number of carbonyl (C=O) groups is 1. The number of hydrogen-bond acceptors (Lipinski definition) is 4. The van der Waals surface area contributed by atoms with E-state index in [4.69, 9.17) is 4.52 Å². The minimum Gasteiger partial charge on any atom is -0.335 e. The monoisotopic (exact) mass is 343 g/mol. The maximum atomic E-state index is 12.9. The highest BCUT2D eigenvalue weighted by molar-refractivity contribution is 6.13. The maximum Gasteiger partial charge on any atom is 0.259 e. The first-order valence-electron chi connectivity index (χ1n) is 8.32. The third-order valence-electron chi connectivity index (χ3n) is 4.24. The van der Waals surface area contributed by atoms with Crippen molar-refractivity contribution >= 4 is 22.7 Å². The van der Waals surface area contributed by atoms with Crippen molar-refractivity contribution in [2.24, 2.45) is 0 Å². The van der Waals surface area contributed by atoms with E-state index in [1.165, 1.54) is 0 Å². The van der Waals surface area contributed by atoms with Crippen LogP contribution >= 0.6 is 0 Å². The molecule has 0 spiro atoms. The van der Waals surface area contributed by atoms with Gasteiger partial charge < -0.3 is 9.84 Å². The Kier molecular flexibility index (Phi) is 3.97. The summed E-state index contributed by atoms with van der Waals surface area (Å²) in [6, 6.07) is 19.1. The molecule has 1 N–H and O–H groups in total. The van der Waals surface area contributed by atoms with Crippen LogP contribution in [0.1, 0.15) is 21.6 Å². The molecule has 2 aromatic carbocycles. The summed E-state index contributed by atoms with van der Waals surface area (Å²) < 4.78 is 5.33. The van der Waals surface area contributed by atoms with Crippen molar-refractivity contribution in [1.29, 1.82) is 0 Å². The average Bonchev–Trinajstić information content (AvgIpc) is 3.04. The number of fused-ring (bicyclic) bond motifs is 1. The molecule has 5 heteroatoms. The van der Waals surface area contributed by atoms with Crippen LogP contribution in [0.3, 0.4) is 0 Å². The lowest BCUT2D eigenvalue weighted by Gasteiger charge is -2.08. The normalized spacial score (nSPS) is 10.8. The van der Waals surface area contributed by atoms with Crippen LogP contribution in [-0.2, 0) is 0 Å². The van der Waals surface area contributed by atoms with Crippen LogP contribution in [-0.4, -0.2) is 16.0 Å². The molecule has 0 atom stereocenters. The van der Waals surface area contributed by atoms with Crippen LogP contribution in [0.15, 0.2) is 65.2 Å². The van der Waals surface area contributed by atoms with Crippen molar-refractivity contribution in [3.8, 4) is 11.3 Å². The Morgan fingerprint density at radius 2 is 1.73 bits per heavy atom. The largest absolute Gasteiger partial charge is 0.335 e. The first kappa shape index (κ1) is 16.0. The molecule has 1 amide bonds. The molecule has 4 aromatic rings. The summed E-state index contributed by atoms with van der Waals surface area (Å²) in [7, 11) is 0. The number of amides is 1. The van der Waals surface area contributed by atoms with Gasteiger partial charge in [-0.15, -0.1) is 0 Å². The van der Waals surface area contributed by atoms with Crippen LogP contribution in [0.25, 0.3) is 22.4 Å². The zero-order chi connectivity index (χ0) is 18.1. The fourth-order valence-corrected chi connectivity index (χ4v) is 2.87. The number of aromatic nitrogens is 2. The second-order valence-corrected chi connectivity index (χ2v) is 6.19. The number of benzene rings is 2. The van der Waals surface area contributed by atoms with Gasteiger partial charge in [-0.2, -0.15) is 0 Å². The van der Waals surface area contributed by atoms with E-state index >= 15 is 0 Å². The van der Waals surface area contributed by atoms with E-state index in [0.717, 1.165) is 16.8 Å². The zero-order valence-electron chi connectivity index (χ0n) is 14.5. The maximum absolute atomic E-state index is 12.9. The quantitative estimate of drug-likeness (QED) is 0.582. The summed E-state index contributed by atoms with van der Waals surface area (Å²) in [6.45, 7) is 3.81. The molecule has 2 aromatic heterocycles. The Balaban J connectivity index is 1.80. The van der Waals surface area contributed by atoms with Gasteiger partial charge in [0.1, 0.15) is 0 Å².